The Morgan fingerprint density at radius 1 is 0.655 bits per heavy atom. The van der Waals surface area contributed by atoms with Gasteiger partial charge in [0.25, 0.3) is 0 Å². The van der Waals surface area contributed by atoms with Crippen LogP contribution in [0.2, 0.25) is 0 Å². The molecule has 152 valence electrons. The number of hydrogen-bond acceptors (Lipinski definition) is 1. The lowest BCUT2D eigenvalue weighted by Gasteiger charge is -2.33. The van der Waals surface area contributed by atoms with E-state index >= 15 is 0 Å². The summed E-state index contributed by atoms with van der Waals surface area (Å²) in [7, 11) is -2.07. The van der Waals surface area contributed by atoms with Crippen LogP contribution in [0.25, 0.3) is 0 Å². The van der Waals surface area contributed by atoms with Crippen LogP contribution in [0.5, 0.6) is 0 Å². The lowest BCUT2D eigenvalue weighted by molar-refractivity contribution is 0.469. The first kappa shape index (κ1) is 21.2. The Kier molecular flexibility index (Phi) is 7.94. The second kappa shape index (κ2) is 10.9. The summed E-state index contributed by atoms with van der Waals surface area (Å²) >= 11 is 0. The lowest BCUT2D eigenvalue weighted by Crippen LogP contribution is -2.14. The third-order valence-electron chi connectivity index (χ3n) is 4.94. The van der Waals surface area contributed by atoms with Crippen molar-refractivity contribution < 1.29 is 8.98 Å². The van der Waals surface area contributed by atoms with Crippen LogP contribution in [0.1, 0.15) is 45.4 Å². The van der Waals surface area contributed by atoms with Crippen LogP contribution in [-0.2, 0) is 4.18 Å². The van der Waals surface area contributed by atoms with Crippen molar-refractivity contribution >= 4 is 16.3 Å². The highest BCUT2D eigenvalue weighted by Crippen LogP contribution is 2.69. The molecule has 29 heavy (non-hydrogen) atoms. The van der Waals surface area contributed by atoms with Crippen molar-refractivity contribution in [2.45, 2.75) is 60.1 Å². The fourth-order valence-electron chi connectivity index (χ4n) is 3.45. The monoisotopic (exact) mass is 407 g/mol. The van der Waals surface area contributed by atoms with Gasteiger partial charge in [-0.15, -0.1) is 0 Å². The summed E-state index contributed by atoms with van der Waals surface area (Å²) in [4.78, 5) is 14.1. The summed E-state index contributed by atoms with van der Waals surface area (Å²) in [6.45, 7) is 2.21. The molecular formula is C26H31O2S+. The fourth-order valence-corrected chi connectivity index (χ4v) is 6.55. The van der Waals surface area contributed by atoms with E-state index in [-0.39, 0.29) is 5.97 Å². The van der Waals surface area contributed by atoms with Crippen molar-refractivity contribution in [2.75, 3.05) is 0 Å². The van der Waals surface area contributed by atoms with Crippen molar-refractivity contribution in [1.82, 2.24) is 0 Å². The molecule has 0 saturated carbocycles. The molecule has 3 aromatic rings. The lowest BCUT2D eigenvalue weighted by atomic mass is 10.1. The Balaban J connectivity index is 1.98. The number of benzene rings is 3. The van der Waals surface area contributed by atoms with E-state index in [1.807, 2.05) is 54.6 Å². The maximum atomic E-state index is 10.8. The molecule has 0 heterocycles. The summed E-state index contributed by atoms with van der Waals surface area (Å²) in [5.74, 6) is 0.132. The minimum Gasteiger partial charge on any atom is -0.338 e. The van der Waals surface area contributed by atoms with E-state index < -0.39 is 10.3 Å². The van der Waals surface area contributed by atoms with Gasteiger partial charge in [0.1, 0.15) is 6.42 Å². The third kappa shape index (κ3) is 5.30. The molecule has 2 nitrogen and oxygen atoms in total. The SMILES string of the molecule is CCCCCCCC(=[OH+])OS(c1ccccc1)(c1ccccc1)c1ccccc1. The van der Waals surface area contributed by atoms with Crippen molar-refractivity contribution in [3.63, 3.8) is 0 Å². The fraction of sp³-hybridized carbons (Fsp3) is 0.269. The molecule has 0 radical (unpaired) electrons. The maximum Gasteiger partial charge on any atom is 0.495 e. The van der Waals surface area contributed by atoms with Crippen LogP contribution in [-0.4, -0.2) is 10.8 Å². The second-order valence-corrected chi connectivity index (χ2v) is 9.83. The largest absolute Gasteiger partial charge is 0.495 e. The molecule has 3 aromatic carbocycles. The van der Waals surface area contributed by atoms with Crippen molar-refractivity contribution in [2.24, 2.45) is 0 Å². The van der Waals surface area contributed by atoms with Gasteiger partial charge in [-0.05, 0) is 42.8 Å². The van der Waals surface area contributed by atoms with Gasteiger partial charge < -0.3 is 4.79 Å². The molecule has 0 bridgehead atoms. The normalized spacial score (nSPS) is 11.8. The van der Waals surface area contributed by atoms with E-state index in [4.69, 9.17) is 4.18 Å². The average molecular weight is 408 g/mol. The van der Waals surface area contributed by atoms with Crippen LogP contribution in [0.15, 0.2) is 106 Å². The molecule has 0 amide bonds. The summed E-state index contributed by atoms with van der Waals surface area (Å²) in [5.41, 5.74) is 0. The van der Waals surface area contributed by atoms with Crippen LogP contribution < -0.4 is 0 Å². The second-order valence-electron chi connectivity index (χ2n) is 7.14. The third-order valence-corrected chi connectivity index (χ3v) is 8.19. The Morgan fingerprint density at radius 3 is 1.48 bits per heavy atom. The van der Waals surface area contributed by atoms with Gasteiger partial charge in [-0.3, -0.25) is 4.18 Å². The smallest absolute Gasteiger partial charge is 0.338 e. The summed E-state index contributed by atoms with van der Waals surface area (Å²) in [5, 5.41) is 0. The minimum absolute atomic E-state index is 0.132. The Bertz CT molecular complexity index is 766. The molecular weight excluding hydrogens is 376 g/mol. The molecule has 0 saturated heterocycles. The van der Waals surface area contributed by atoms with E-state index in [1.54, 1.807) is 0 Å². The zero-order valence-electron chi connectivity index (χ0n) is 17.2. The Morgan fingerprint density at radius 2 is 1.07 bits per heavy atom. The Hall–Kier alpha value is -2.52. The molecule has 0 aliphatic carbocycles. The molecule has 0 aromatic heterocycles. The molecule has 0 aliphatic heterocycles. The summed E-state index contributed by atoms with van der Waals surface area (Å²) in [6, 6.07) is 30.9. The summed E-state index contributed by atoms with van der Waals surface area (Å²) < 4.78 is 6.56. The predicted molar refractivity (Wildman–Crippen MR) is 123 cm³/mol. The molecule has 0 atom stereocenters. The number of rotatable bonds is 10. The highest BCUT2D eigenvalue weighted by Gasteiger charge is 2.41. The standard InChI is InChI=1S/C26H30O2S/c1-2-3-4-5-15-22-26(27)28-29(23-16-9-6-10-17-23,24-18-11-7-12-19-24)25-20-13-8-14-21-25/h6-14,16-21H,2-5,15,22H2,1H3/p+1. The zero-order valence-corrected chi connectivity index (χ0v) is 18.0. The van der Waals surface area contributed by atoms with Gasteiger partial charge >= 0.3 is 5.97 Å². The van der Waals surface area contributed by atoms with E-state index in [9.17, 15) is 4.79 Å². The maximum absolute atomic E-state index is 10.8. The molecule has 0 unspecified atom stereocenters. The van der Waals surface area contributed by atoms with Crippen LogP contribution >= 0.6 is 10.3 Å². The molecule has 0 aliphatic rings. The molecule has 1 N–H and O–H groups in total. The van der Waals surface area contributed by atoms with Gasteiger partial charge in [0.15, 0.2) is 0 Å². The predicted octanol–water partition coefficient (Wildman–Crippen LogP) is 7.76. The van der Waals surface area contributed by atoms with Gasteiger partial charge in [0, 0.05) is 0 Å². The number of hydrogen-bond donors (Lipinski definition) is 0. The molecule has 0 spiro atoms. The van der Waals surface area contributed by atoms with E-state index in [2.05, 4.69) is 43.3 Å². The van der Waals surface area contributed by atoms with Gasteiger partial charge in [0.05, 0.1) is 25.0 Å². The highest BCUT2D eigenvalue weighted by molar-refractivity contribution is 8.30. The topological polar surface area (TPSA) is 30.6 Å². The van der Waals surface area contributed by atoms with Crippen LogP contribution in [0.4, 0.5) is 0 Å². The minimum atomic E-state index is -2.07. The van der Waals surface area contributed by atoms with E-state index in [1.165, 1.54) is 19.3 Å². The van der Waals surface area contributed by atoms with Gasteiger partial charge in [-0.1, -0.05) is 87.2 Å². The first-order valence-electron chi connectivity index (χ1n) is 10.5. The molecule has 3 rings (SSSR count). The average Bonchev–Trinajstić information content (AvgIpc) is 2.79. The van der Waals surface area contributed by atoms with Crippen molar-refractivity contribution in [1.29, 1.82) is 0 Å². The van der Waals surface area contributed by atoms with Gasteiger partial charge in [-0.25, -0.2) is 0 Å². The number of carbonyl (C=O) groups excluding carboxylic acids is 1. The number of unbranched alkanes of at least 4 members (excludes halogenated alkanes) is 4. The quantitative estimate of drug-likeness (QED) is 0.249. The van der Waals surface area contributed by atoms with Crippen LogP contribution in [0.3, 0.4) is 0 Å². The first-order valence-corrected chi connectivity index (χ1v) is 12.1. The highest BCUT2D eigenvalue weighted by atomic mass is 32.3. The van der Waals surface area contributed by atoms with Gasteiger partial charge in [0.2, 0.25) is 0 Å². The van der Waals surface area contributed by atoms with Crippen molar-refractivity contribution in [3.05, 3.63) is 91.0 Å². The molecule has 3 heteroatoms. The first-order chi connectivity index (χ1) is 14.3. The van der Waals surface area contributed by atoms with Gasteiger partial charge in [-0.2, -0.15) is 0 Å². The zero-order chi connectivity index (χ0) is 20.4. The van der Waals surface area contributed by atoms with Crippen molar-refractivity contribution in [3.8, 4) is 0 Å². The van der Waals surface area contributed by atoms with E-state index in [0.717, 1.165) is 27.5 Å². The van der Waals surface area contributed by atoms with E-state index in [0.29, 0.717) is 6.42 Å². The van der Waals surface area contributed by atoms with Crippen LogP contribution in [0, 0.1) is 0 Å². The Labute approximate surface area is 176 Å². The molecule has 0 fully saturated rings. The summed E-state index contributed by atoms with van der Waals surface area (Å²) in [6.07, 6.45) is 6.30.